The molecule has 2 aromatic rings. The van der Waals surface area contributed by atoms with E-state index in [1.807, 2.05) is 39.1 Å². The van der Waals surface area contributed by atoms with Gasteiger partial charge in [0, 0.05) is 51.3 Å². The third kappa shape index (κ3) is 16.1. The second-order valence-corrected chi connectivity index (χ2v) is 13.9. The highest BCUT2D eigenvalue weighted by Gasteiger charge is 2.39. The molecule has 54 heavy (non-hydrogen) atoms. The molecule has 2 unspecified atom stereocenters. The van der Waals surface area contributed by atoms with Crippen molar-refractivity contribution in [3.63, 3.8) is 0 Å². The Labute approximate surface area is 320 Å². The molecule has 0 radical (unpaired) electrons. The van der Waals surface area contributed by atoms with Crippen LogP contribution in [0, 0.1) is 18.7 Å². The van der Waals surface area contributed by atoms with Gasteiger partial charge in [-0.2, -0.15) is 0 Å². The van der Waals surface area contributed by atoms with E-state index >= 15 is 0 Å². The normalized spacial score (nSPS) is 21.1. The van der Waals surface area contributed by atoms with E-state index in [1.54, 1.807) is 19.4 Å². The first kappa shape index (κ1) is 45.4. The molecule has 8 N–H and O–H groups in total. The van der Waals surface area contributed by atoms with Gasteiger partial charge in [-0.15, -0.1) is 0 Å². The van der Waals surface area contributed by atoms with Gasteiger partial charge in [-0.25, -0.2) is 10.2 Å². The number of carbonyl (C=O) groups excluding carboxylic acids is 4. The number of nitrogens with zero attached hydrogens (tertiary/aromatic N) is 4. The average molecular weight is 756 g/mol. The second-order valence-electron chi connectivity index (χ2n) is 13.9. The molecule has 0 bridgehead atoms. The Bertz CT molecular complexity index is 1490. The maximum Gasteiger partial charge on any atom is 0.255 e. The lowest BCUT2D eigenvalue weighted by Gasteiger charge is -2.31. The van der Waals surface area contributed by atoms with Crippen LogP contribution in [0.1, 0.15) is 87.6 Å². The predicted molar refractivity (Wildman–Crippen MR) is 208 cm³/mol. The zero-order chi connectivity index (χ0) is 40.0. The number of hydrogen-bond acceptors (Lipinski definition) is 10. The van der Waals surface area contributed by atoms with Gasteiger partial charge in [0.05, 0.1) is 17.8 Å². The third-order valence-corrected chi connectivity index (χ3v) is 8.78. The largest absolute Gasteiger partial charge is 0.486 e. The summed E-state index contributed by atoms with van der Waals surface area (Å²) in [6, 6.07) is 5.80. The lowest BCUT2D eigenvalue weighted by molar-refractivity contribution is -0.145. The van der Waals surface area contributed by atoms with Gasteiger partial charge in [0.1, 0.15) is 30.3 Å². The molecule has 2 atom stereocenters. The van der Waals surface area contributed by atoms with Gasteiger partial charge >= 0.3 is 0 Å². The molecule has 4 amide bonds. The number of nitrogens with one attached hydrogen (secondary N) is 2. The van der Waals surface area contributed by atoms with Crippen LogP contribution in [0.3, 0.4) is 0 Å². The monoisotopic (exact) mass is 755 g/mol. The highest BCUT2D eigenvalue weighted by molar-refractivity contribution is 6.00. The summed E-state index contributed by atoms with van der Waals surface area (Å²) in [7, 11) is 3.06. The number of aryl methyl sites for hydroxylation is 1. The van der Waals surface area contributed by atoms with Crippen LogP contribution in [0.25, 0.3) is 0 Å². The minimum atomic E-state index is -0.938. The third-order valence-electron chi connectivity index (χ3n) is 8.78. The van der Waals surface area contributed by atoms with Gasteiger partial charge in [-0.1, -0.05) is 45.6 Å². The van der Waals surface area contributed by atoms with E-state index in [0.29, 0.717) is 44.6 Å². The first-order chi connectivity index (χ1) is 25.8. The first-order valence-corrected chi connectivity index (χ1v) is 18.8. The Morgan fingerprint density at radius 1 is 0.981 bits per heavy atom. The van der Waals surface area contributed by atoms with Crippen LogP contribution < -0.4 is 32.7 Å². The Morgan fingerprint density at radius 2 is 1.69 bits per heavy atom. The van der Waals surface area contributed by atoms with Crippen molar-refractivity contribution in [1.82, 2.24) is 30.4 Å². The summed E-state index contributed by atoms with van der Waals surface area (Å²) in [5.74, 6) is 3.91. The number of hydrazine groups is 1. The lowest BCUT2D eigenvalue weighted by atomic mass is 10.0. The molecule has 1 aromatic heterocycles. The molecule has 0 spiro atoms. The maximum absolute atomic E-state index is 14.2. The fourth-order valence-electron chi connectivity index (χ4n) is 6.10. The molecule has 0 aliphatic carbocycles. The summed E-state index contributed by atoms with van der Waals surface area (Å²) in [5.41, 5.74) is 12.2. The Balaban J connectivity index is 0.000000988. The molecule has 1 saturated heterocycles. The van der Waals surface area contributed by atoms with Crippen LogP contribution in [0.15, 0.2) is 54.6 Å². The van der Waals surface area contributed by atoms with E-state index in [-0.39, 0.29) is 48.1 Å². The molecule has 15 heteroatoms. The van der Waals surface area contributed by atoms with Crippen LogP contribution in [0.2, 0.25) is 0 Å². The van der Waals surface area contributed by atoms with Crippen LogP contribution in [0.4, 0.5) is 4.39 Å². The number of halogens is 1. The molecule has 0 saturated carbocycles. The smallest absolute Gasteiger partial charge is 0.255 e. The predicted octanol–water partition coefficient (Wildman–Crippen LogP) is 3.21. The minimum Gasteiger partial charge on any atom is -0.486 e. The van der Waals surface area contributed by atoms with E-state index in [2.05, 4.69) is 21.4 Å². The molecule has 14 nitrogen and oxygen atoms in total. The van der Waals surface area contributed by atoms with E-state index < -0.39 is 23.8 Å². The number of aromatic nitrogens is 1. The van der Waals surface area contributed by atoms with Crippen LogP contribution in [0.5, 0.6) is 5.75 Å². The van der Waals surface area contributed by atoms with Gasteiger partial charge in [-0.05, 0) is 75.8 Å². The van der Waals surface area contributed by atoms with Crippen molar-refractivity contribution in [1.29, 1.82) is 0 Å². The number of likely N-dealkylation sites (N-methyl/N-ethyl adjacent to an activating group) is 1. The van der Waals surface area contributed by atoms with E-state index in [9.17, 15) is 23.6 Å². The van der Waals surface area contributed by atoms with Gasteiger partial charge < -0.3 is 41.6 Å². The second kappa shape index (κ2) is 24.5. The van der Waals surface area contributed by atoms with Gasteiger partial charge in [0.25, 0.3) is 5.91 Å². The van der Waals surface area contributed by atoms with Gasteiger partial charge in [0.2, 0.25) is 17.7 Å². The van der Waals surface area contributed by atoms with Crippen molar-refractivity contribution >= 4 is 23.6 Å². The Morgan fingerprint density at radius 3 is 2.33 bits per heavy atom. The summed E-state index contributed by atoms with van der Waals surface area (Å²) in [5, 5.41) is 7.17. The quantitative estimate of drug-likeness (QED) is 0.284. The number of rotatable bonds is 2. The van der Waals surface area contributed by atoms with Crippen molar-refractivity contribution in [2.24, 2.45) is 23.2 Å². The van der Waals surface area contributed by atoms with Crippen LogP contribution in [-0.2, 0) is 14.4 Å². The van der Waals surface area contributed by atoms with E-state index in [1.165, 1.54) is 33.5 Å². The van der Waals surface area contributed by atoms with Crippen LogP contribution >= 0.6 is 0 Å². The van der Waals surface area contributed by atoms with E-state index in [0.717, 1.165) is 50.7 Å². The average Bonchev–Trinajstić information content (AvgIpc) is 3.63. The van der Waals surface area contributed by atoms with Gasteiger partial charge in [-0.3, -0.25) is 24.2 Å². The number of nitrogens with two attached hydrogens (primary N) is 3. The van der Waals surface area contributed by atoms with Crippen molar-refractivity contribution in [2.45, 2.75) is 90.6 Å². The molecule has 1 fully saturated rings. The molecule has 3 heterocycles. The Hall–Kier alpha value is -4.76. The number of hydrogen-bond donors (Lipinski definition) is 5. The SMILES string of the molecule is CC(C)CC1NC(=O)c2ccc(F)cc2OC/C(N)=C/N(N)CCCCCCCCNC(=O)CN(C)C(=O)C2CCCN2C1=O.CN.Cc1cccnc1. The number of benzene rings is 1. The molecule has 300 valence electrons. The topological polar surface area (TPSA) is 202 Å². The molecular formula is C39H62FN9O5. The van der Waals surface area contributed by atoms with Crippen LogP contribution in [-0.4, -0.2) is 102 Å². The first-order valence-electron chi connectivity index (χ1n) is 18.8. The molecule has 1 aromatic carbocycles. The zero-order valence-corrected chi connectivity index (χ0v) is 32.7. The summed E-state index contributed by atoms with van der Waals surface area (Å²) in [6.07, 6.45) is 12.3. The van der Waals surface area contributed by atoms with Crippen molar-refractivity contribution < 1.29 is 28.3 Å². The molecule has 2 aliphatic heterocycles. The molecule has 2 aliphatic rings. The molecule has 4 rings (SSSR count). The summed E-state index contributed by atoms with van der Waals surface area (Å²) < 4.78 is 20.0. The standard InChI is InChI=1S/C32H50FN7O5.C6H7N.CH5N/c1-22(2)17-26-31(43)40-16-10-11-27(40)32(44)38(3)20-29(41)36-14-8-6-4-5-7-9-15-39(35)19-24(34)21-45-28-18-23(33)12-13-25(28)30(42)37-26;1-6-3-2-4-7-5-6;1-2/h12-13,18-19,22,26-27H,4-11,14-17,20-21,34-35H2,1-3H3,(H,36,41)(H,37,42);2-5H,1H3;2H2,1H3/b24-19-;;. The Kier molecular flexibility index (Phi) is 20.6. The highest BCUT2D eigenvalue weighted by Crippen LogP contribution is 2.24. The summed E-state index contributed by atoms with van der Waals surface area (Å²) in [6.45, 7) is 7.11. The minimum absolute atomic E-state index is 0.0289. The van der Waals surface area contributed by atoms with Crippen molar-refractivity contribution in [3.05, 3.63) is 71.6 Å². The number of ether oxygens (including phenoxy) is 1. The summed E-state index contributed by atoms with van der Waals surface area (Å²) in [4.78, 5) is 60.1. The highest BCUT2D eigenvalue weighted by atomic mass is 19.1. The van der Waals surface area contributed by atoms with Crippen molar-refractivity contribution in [3.8, 4) is 5.75 Å². The number of carbonyl (C=O) groups is 4. The van der Waals surface area contributed by atoms with E-state index in [4.69, 9.17) is 16.3 Å². The summed E-state index contributed by atoms with van der Waals surface area (Å²) >= 11 is 0. The maximum atomic E-state index is 14.2. The fourth-order valence-corrected chi connectivity index (χ4v) is 6.10. The van der Waals surface area contributed by atoms with Crippen molar-refractivity contribution in [2.75, 3.05) is 46.9 Å². The van der Waals surface area contributed by atoms with Gasteiger partial charge in [0.15, 0.2) is 0 Å². The number of pyridine rings is 1. The fraction of sp³-hybridized carbons (Fsp3) is 0.564. The molecular weight excluding hydrogens is 693 g/mol. The number of fused-ring (bicyclic) bond motifs is 2. The number of amides is 4. The zero-order valence-electron chi connectivity index (χ0n) is 32.7. The lowest BCUT2D eigenvalue weighted by Crippen LogP contribution is -2.54.